The van der Waals surface area contributed by atoms with Crippen LogP contribution in [0.5, 0.6) is 5.75 Å². The first-order valence-electron chi connectivity index (χ1n) is 6.93. The highest BCUT2D eigenvalue weighted by Gasteiger charge is 2.29. The van der Waals surface area contributed by atoms with Crippen molar-refractivity contribution in [3.05, 3.63) is 64.7 Å². The average Bonchev–Trinajstić information content (AvgIpc) is 2.90. The molecule has 0 spiro atoms. The summed E-state index contributed by atoms with van der Waals surface area (Å²) in [6, 6.07) is 16.5. The SMILES string of the molecule is CNC(Cc1ccccc1Cl)C1Cc2ccccc2O1. The lowest BCUT2D eigenvalue weighted by atomic mass is 9.98. The standard InChI is InChI=1S/C17H18ClNO/c1-19-15(10-12-6-2-4-8-14(12)18)17-11-13-7-3-5-9-16(13)20-17/h2-9,15,17,19H,10-11H2,1H3. The van der Waals surface area contributed by atoms with Gasteiger partial charge in [-0.3, -0.25) is 0 Å². The maximum Gasteiger partial charge on any atom is 0.123 e. The molecule has 1 heterocycles. The highest BCUT2D eigenvalue weighted by molar-refractivity contribution is 6.31. The zero-order valence-electron chi connectivity index (χ0n) is 11.5. The number of likely N-dealkylation sites (N-methyl/N-ethyl adjacent to an activating group) is 1. The van der Waals surface area contributed by atoms with E-state index in [4.69, 9.17) is 16.3 Å². The monoisotopic (exact) mass is 287 g/mol. The molecule has 0 aromatic heterocycles. The molecule has 2 unspecified atom stereocenters. The number of hydrogen-bond donors (Lipinski definition) is 1. The maximum atomic E-state index is 6.25. The first-order chi connectivity index (χ1) is 9.78. The Morgan fingerprint density at radius 1 is 1.20 bits per heavy atom. The van der Waals surface area contributed by atoms with E-state index < -0.39 is 0 Å². The Morgan fingerprint density at radius 3 is 2.70 bits per heavy atom. The predicted octanol–water partition coefficient (Wildman–Crippen LogP) is 3.47. The molecule has 2 atom stereocenters. The lowest BCUT2D eigenvalue weighted by Crippen LogP contribution is -2.42. The molecule has 2 aromatic carbocycles. The Labute approximate surface area is 124 Å². The number of ether oxygens (including phenoxy) is 1. The molecule has 0 amide bonds. The summed E-state index contributed by atoms with van der Waals surface area (Å²) >= 11 is 6.25. The van der Waals surface area contributed by atoms with Crippen molar-refractivity contribution in [2.45, 2.75) is 25.0 Å². The van der Waals surface area contributed by atoms with Crippen LogP contribution in [0, 0.1) is 0 Å². The molecule has 0 radical (unpaired) electrons. The van der Waals surface area contributed by atoms with Gasteiger partial charge in [-0.25, -0.2) is 0 Å². The van der Waals surface area contributed by atoms with Gasteiger partial charge in [-0.2, -0.15) is 0 Å². The summed E-state index contributed by atoms with van der Waals surface area (Å²) < 4.78 is 6.07. The normalized spacial score (nSPS) is 18.4. The fraction of sp³-hybridized carbons (Fsp3) is 0.294. The molecule has 1 aliphatic rings. The van der Waals surface area contributed by atoms with Crippen LogP contribution in [0.15, 0.2) is 48.5 Å². The summed E-state index contributed by atoms with van der Waals surface area (Å²) in [6.07, 6.45) is 1.98. The van der Waals surface area contributed by atoms with Crippen LogP contribution in [-0.2, 0) is 12.8 Å². The van der Waals surface area contributed by atoms with Crippen molar-refractivity contribution in [1.29, 1.82) is 0 Å². The average molecular weight is 288 g/mol. The summed E-state index contributed by atoms with van der Waals surface area (Å²) in [5, 5.41) is 4.19. The van der Waals surface area contributed by atoms with Crippen LogP contribution in [0.25, 0.3) is 0 Å². The minimum Gasteiger partial charge on any atom is -0.488 e. The zero-order valence-corrected chi connectivity index (χ0v) is 12.2. The van der Waals surface area contributed by atoms with E-state index in [0.717, 1.165) is 29.2 Å². The van der Waals surface area contributed by atoms with E-state index in [0.29, 0.717) is 0 Å². The number of rotatable bonds is 4. The molecule has 0 fully saturated rings. The van der Waals surface area contributed by atoms with Crippen molar-refractivity contribution in [1.82, 2.24) is 5.32 Å². The van der Waals surface area contributed by atoms with Gasteiger partial charge in [-0.05, 0) is 36.7 Å². The van der Waals surface area contributed by atoms with Gasteiger partial charge in [0.2, 0.25) is 0 Å². The largest absolute Gasteiger partial charge is 0.488 e. The minimum absolute atomic E-state index is 0.161. The van der Waals surface area contributed by atoms with Crippen LogP contribution >= 0.6 is 11.6 Å². The zero-order chi connectivity index (χ0) is 13.9. The second kappa shape index (κ2) is 5.86. The van der Waals surface area contributed by atoms with Gasteiger partial charge < -0.3 is 10.1 Å². The van der Waals surface area contributed by atoms with Gasteiger partial charge in [0.15, 0.2) is 0 Å². The quantitative estimate of drug-likeness (QED) is 0.930. The third kappa shape index (κ3) is 2.67. The Morgan fingerprint density at radius 2 is 1.95 bits per heavy atom. The summed E-state index contributed by atoms with van der Waals surface area (Å²) in [7, 11) is 1.98. The minimum atomic E-state index is 0.161. The van der Waals surface area contributed by atoms with Gasteiger partial charge in [-0.1, -0.05) is 48.0 Å². The van der Waals surface area contributed by atoms with E-state index in [1.807, 2.05) is 37.4 Å². The number of halogens is 1. The van der Waals surface area contributed by atoms with Gasteiger partial charge in [-0.15, -0.1) is 0 Å². The smallest absolute Gasteiger partial charge is 0.123 e. The molecule has 2 nitrogen and oxygen atoms in total. The molecule has 0 bridgehead atoms. The molecule has 1 N–H and O–H groups in total. The molecule has 3 heteroatoms. The van der Waals surface area contributed by atoms with Crippen molar-refractivity contribution in [2.75, 3.05) is 7.05 Å². The van der Waals surface area contributed by atoms with Gasteiger partial charge in [0, 0.05) is 17.5 Å². The molecule has 2 aromatic rings. The van der Waals surface area contributed by atoms with Gasteiger partial charge in [0.05, 0.1) is 0 Å². The van der Waals surface area contributed by atoms with Crippen LogP contribution in [0.1, 0.15) is 11.1 Å². The Balaban J connectivity index is 1.74. The highest BCUT2D eigenvalue weighted by Crippen LogP contribution is 2.30. The summed E-state index contributed by atoms with van der Waals surface area (Å²) in [4.78, 5) is 0. The first-order valence-corrected chi connectivity index (χ1v) is 7.31. The topological polar surface area (TPSA) is 21.3 Å². The number of benzene rings is 2. The van der Waals surface area contributed by atoms with E-state index in [9.17, 15) is 0 Å². The molecule has 104 valence electrons. The van der Waals surface area contributed by atoms with Crippen LogP contribution in [0.3, 0.4) is 0 Å². The molecule has 0 saturated heterocycles. The number of fused-ring (bicyclic) bond motifs is 1. The van der Waals surface area contributed by atoms with Gasteiger partial charge in [0.25, 0.3) is 0 Å². The lowest BCUT2D eigenvalue weighted by molar-refractivity contribution is 0.182. The Kier molecular flexibility index (Phi) is 3.95. The molecule has 3 rings (SSSR count). The number of para-hydroxylation sites is 1. The van der Waals surface area contributed by atoms with Crippen LogP contribution in [0.4, 0.5) is 0 Å². The second-order valence-corrected chi connectivity index (χ2v) is 5.57. The maximum absolute atomic E-state index is 6.25. The lowest BCUT2D eigenvalue weighted by Gasteiger charge is -2.23. The Hall–Kier alpha value is -1.51. The van der Waals surface area contributed by atoms with Crippen LogP contribution in [-0.4, -0.2) is 19.2 Å². The van der Waals surface area contributed by atoms with Crippen molar-refractivity contribution >= 4 is 11.6 Å². The third-order valence-corrected chi connectivity index (χ3v) is 4.26. The van der Waals surface area contributed by atoms with E-state index in [-0.39, 0.29) is 12.1 Å². The fourth-order valence-corrected chi connectivity index (χ4v) is 2.97. The molecule has 20 heavy (non-hydrogen) atoms. The first kappa shape index (κ1) is 13.5. The van der Waals surface area contributed by atoms with Crippen molar-refractivity contribution in [2.24, 2.45) is 0 Å². The third-order valence-electron chi connectivity index (χ3n) is 3.89. The van der Waals surface area contributed by atoms with Crippen LogP contribution in [0.2, 0.25) is 5.02 Å². The predicted molar refractivity (Wildman–Crippen MR) is 82.6 cm³/mol. The second-order valence-electron chi connectivity index (χ2n) is 5.16. The fourth-order valence-electron chi connectivity index (χ4n) is 2.75. The van der Waals surface area contributed by atoms with E-state index in [2.05, 4.69) is 23.5 Å². The molecular weight excluding hydrogens is 270 g/mol. The highest BCUT2D eigenvalue weighted by atomic mass is 35.5. The van der Waals surface area contributed by atoms with Crippen LogP contribution < -0.4 is 10.1 Å². The summed E-state index contributed by atoms with van der Waals surface area (Å²) in [5.74, 6) is 1.01. The molecular formula is C17H18ClNO. The molecule has 0 saturated carbocycles. The van der Waals surface area contributed by atoms with Crippen molar-refractivity contribution < 1.29 is 4.74 Å². The van der Waals surface area contributed by atoms with E-state index >= 15 is 0 Å². The summed E-state index contributed by atoms with van der Waals surface area (Å²) in [6.45, 7) is 0. The van der Waals surface area contributed by atoms with Gasteiger partial charge >= 0.3 is 0 Å². The van der Waals surface area contributed by atoms with Gasteiger partial charge in [0.1, 0.15) is 11.9 Å². The number of hydrogen-bond acceptors (Lipinski definition) is 2. The molecule has 0 aliphatic carbocycles. The molecule has 1 aliphatic heterocycles. The number of nitrogens with one attached hydrogen (secondary N) is 1. The van der Waals surface area contributed by atoms with Crippen molar-refractivity contribution in [3.63, 3.8) is 0 Å². The van der Waals surface area contributed by atoms with Crippen molar-refractivity contribution in [3.8, 4) is 5.75 Å². The Bertz CT molecular complexity index is 574. The van der Waals surface area contributed by atoms with E-state index in [1.54, 1.807) is 0 Å². The van der Waals surface area contributed by atoms with E-state index in [1.165, 1.54) is 5.56 Å². The summed E-state index contributed by atoms with van der Waals surface area (Å²) in [5.41, 5.74) is 2.45.